The van der Waals surface area contributed by atoms with Crippen molar-refractivity contribution in [2.24, 2.45) is 0 Å². The highest BCUT2D eigenvalue weighted by Crippen LogP contribution is 2.27. The van der Waals surface area contributed by atoms with E-state index in [1.54, 1.807) is 13.0 Å². The SMILES string of the molecule is Cc1cc(NC(=O)C(C)Sc2nc(C)c(C)n2CC2CCCO2)no1. The van der Waals surface area contributed by atoms with E-state index < -0.39 is 0 Å². The van der Waals surface area contributed by atoms with Gasteiger partial charge in [-0.15, -0.1) is 0 Å². The van der Waals surface area contributed by atoms with Crippen LogP contribution in [0.5, 0.6) is 0 Å². The van der Waals surface area contributed by atoms with Crippen LogP contribution in [0.4, 0.5) is 5.82 Å². The van der Waals surface area contributed by atoms with Gasteiger partial charge in [0.05, 0.1) is 23.6 Å². The Bertz CT molecular complexity index is 749. The lowest BCUT2D eigenvalue weighted by Crippen LogP contribution is -2.24. The Morgan fingerprint density at radius 3 is 2.92 bits per heavy atom. The molecule has 8 heteroatoms. The molecule has 3 heterocycles. The van der Waals surface area contributed by atoms with Crippen LogP contribution in [0, 0.1) is 20.8 Å². The van der Waals surface area contributed by atoms with Crippen molar-refractivity contribution in [3.05, 3.63) is 23.2 Å². The molecular formula is C17H24N4O3S. The van der Waals surface area contributed by atoms with Crippen molar-refractivity contribution < 1.29 is 14.1 Å². The molecule has 1 fully saturated rings. The number of hydrogen-bond acceptors (Lipinski definition) is 6. The predicted molar refractivity (Wildman–Crippen MR) is 95.9 cm³/mol. The van der Waals surface area contributed by atoms with Crippen molar-refractivity contribution in [1.82, 2.24) is 14.7 Å². The minimum absolute atomic E-state index is 0.125. The van der Waals surface area contributed by atoms with Crippen LogP contribution < -0.4 is 5.32 Å². The van der Waals surface area contributed by atoms with Gasteiger partial charge in [-0.3, -0.25) is 4.79 Å². The second-order valence-corrected chi connectivity index (χ2v) is 7.69. The first kappa shape index (κ1) is 18.0. The molecule has 2 atom stereocenters. The molecule has 0 radical (unpaired) electrons. The summed E-state index contributed by atoms with van der Waals surface area (Å²) in [5.41, 5.74) is 2.11. The molecule has 1 aliphatic rings. The van der Waals surface area contributed by atoms with E-state index in [1.165, 1.54) is 11.8 Å². The Morgan fingerprint density at radius 2 is 2.28 bits per heavy atom. The predicted octanol–water partition coefficient (Wildman–Crippen LogP) is 3.09. The molecule has 2 unspecified atom stereocenters. The normalized spacial score (nSPS) is 18.5. The summed E-state index contributed by atoms with van der Waals surface area (Å²) in [6, 6.07) is 1.70. The highest BCUT2D eigenvalue weighted by molar-refractivity contribution is 8.00. The van der Waals surface area contributed by atoms with Gasteiger partial charge in [0, 0.05) is 18.4 Å². The van der Waals surface area contributed by atoms with E-state index in [0.29, 0.717) is 11.6 Å². The number of anilines is 1. The van der Waals surface area contributed by atoms with Crippen LogP contribution >= 0.6 is 11.8 Å². The molecule has 1 amide bonds. The van der Waals surface area contributed by atoms with Crippen LogP contribution in [0.1, 0.15) is 36.9 Å². The van der Waals surface area contributed by atoms with Gasteiger partial charge < -0.3 is 19.1 Å². The third-order valence-corrected chi connectivity index (χ3v) is 5.45. The Kier molecular flexibility index (Phi) is 5.48. The molecule has 25 heavy (non-hydrogen) atoms. The van der Waals surface area contributed by atoms with Crippen molar-refractivity contribution >= 4 is 23.5 Å². The number of thioether (sulfide) groups is 1. The van der Waals surface area contributed by atoms with Crippen LogP contribution in [0.2, 0.25) is 0 Å². The number of nitrogens with one attached hydrogen (secondary N) is 1. The third kappa shape index (κ3) is 4.24. The van der Waals surface area contributed by atoms with Gasteiger partial charge >= 0.3 is 0 Å². The van der Waals surface area contributed by atoms with E-state index >= 15 is 0 Å². The van der Waals surface area contributed by atoms with E-state index in [1.807, 2.05) is 13.8 Å². The minimum atomic E-state index is -0.304. The molecule has 2 aromatic heterocycles. The zero-order valence-electron chi connectivity index (χ0n) is 15.0. The van der Waals surface area contributed by atoms with Crippen LogP contribution in [-0.2, 0) is 16.1 Å². The number of carbonyl (C=O) groups is 1. The monoisotopic (exact) mass is 364 g/mol. The molecule has 0 spiro atoms. The second-order valence-electron chi connectivity index (χ2n) is 6.38. The van der Waals surface area contributed by atoms with Crippen LogP contribution in [-0.4, -0.2) is 38.6 Å². The van der Waals surface area contributed by atoms with E-state index in [4.69, 9.17) is 9.26 Å². The number of aromatic nitrogens is 3. The molecule has 0 aromatic carbocycles. The van der Waals surface area contributed by atoms with Crippen LogP contribution in [0.25, 0.3) is 0 Å². The Labute approximate surface area is 151 Å². The molecule has 0 aliphatic carbocycles. The first-order valence-electron chi connectivity index (χ1n) is 8.50. The average Bonchev–Trinajstić information content (AvgIpc) is 3.27. The largest absolute Gasteiger partial charge is 0.376 e. The first-order chi connectivity index (χ1) is 11.9. The van der Waals surface area contributed by atoms with Gasteiger partial charge in [-0.25, -0.2) is 4.98 Å². The van der Waals surface area contributed by atoms with Gasteiger partial charge in [-0.05, 0) is 40.5 Å². The molecule has 0 saturated carbocycles. The van der Waals surface area contributed by atoms with E-state index in [2.05, 4.69) is 26.9 Å². The van der Waals surface area contributed by atoms with E-state index in [0.717, 1.165) is 42.5 Å². The minimum Gasteiger partial charge on any atom is -0.376 e. The zero-order chi connectivity index (χ0) is 18.0. The van der Waals surface area contributed by atoms with E-state index in [9.17, 15) is 4.79 Å². The summed E-state index contributed by atoms with van der Waals surface area (Å²) in [7, 11) is 0. The summed E-state index contributed by atoms with van der Waals surface area (Å²) in [5, 5.41) is 7.11. The first-order valence-corrected chi connectivity index (χ1v) is 9.38. The third-order valence-electron chi connectivity index (χ3n) is 4.36. The summed E-state index contributed by atoms with van der Waals surface area (Å²) >= 11 is 1.45. The second kappa shape index (κ2) is 7.61. The topological polar surface area (TPSA) is 82.2 Å². The number of carbonyl (C=O) groups excluding carboxylic acids is 1. The fraction of sp³-hybridized carbons (Fsp3) is 0.588. The molecular weight excluding hydrogens is 340 g/mol. The van der Waals surface area contributed by atoms with Gasteiger partial charge in [0.25, 0.3) is 0 Å². The molecule has 1 N–H and O–H groups in total. The van der Waals surface area contributed by atoms with Gasteiger partial charge in [0.15, 0.2) is 11.0 Å². The summed E-state index contributed by atoms with van der Waals surface area (Å²) in [6.07, 6.45) is 2.41. The number of imidazole rings is 1. The fourth-order valence-electron chi connectivity index (χ4n) is 2.79. The van der Waals surface area contributed by atoms with Crippen LogP contribution in [0.15, 0.2) is 15.7 Å². The van der Waals surface area contributed by atoms with Gasteiger partial charge in [0.2, 0.25) is 5.91 Å². The molecule has 0 bridgehead atoms. The van der Waals surface area contributed by atoms with Crippen molar-refractivity contribution in [2.45, 2.75) is 63.6 Å². The standard InChI is InChI=1S/C17H24N4O3S/c1-10-8-15(20-24-10)19-16(22)13(4)25-17-18-11(2)12(3)21(17)9-14-6-5-7-23-14/h8,13-14H,5-7,9H2,1-4H3,(H,19,20,22). The Morgan fingerprint density at radius 1 is 1.48 bits per heavy atom. The molecule has 3 rings (SSSR count). The summed E-state index contributed by atoms with van der Waals surface area (Å²) in [6.45, 7) is 9.32. The maximum absolute atomic E-state index is 12.4. The van der Waals surface area contributed by atoms with Gasteiger partial charge in [-0.1, -0.05) is 16.9 Å². The molecule has 1 saturated heterocycles. The zero-order valence-corrected chi connectivity index (χ0v) is 15.9. The number of hydrogen-bond donors (Lipinski definition) is 1. The summed E-state index contributed by atoms with van der Waals surface area (Å²) in [4.78, 5) is 17.0. The number of rotatable bonds is 6. The molecule has 1 aliphatic heterocycles. The average molecular weight is 364 g/mol. The quantitative estimate of drug-likeness (QED) is 0.793. The van der Waals surface area contributed by atoms with Crippen molar-refractivity contribution in [3.8, 4) is 0 Å². The molecule has 7 nitrogen and oxygen atoms in total. The maximum atomic E-state index is 12.4. The number of nitrogens with zero attached hydrogens (tertiary/aromatic N) is 3. The summed E-state index contributed by atoms with van der Waals surface area (Å²) < 4.78 is 12.9. The molecule has 136 valence electrons. The number of aryl methyl sites for hydroxylation is 2. The molecule has 2 aromatic rings. The van der Waals surface area contributed by atoms with Crippen LogP contribution in [0.3, 0.4) is 0 Å². The van der Waals surface area contributed by atoms with Crippen molar-refractivity contribution in [1.29, 1.82) is 0 Å². The van der Waals surface area contributed by atoms with E-state index in [-0.39, 0.29) is 17.3 Å². The Hall–Kier alpha value is -1.80. The fourth-order valence-corrected chi connectivity index (χ4v) is 3.80. The van der Waals surface area contributed by atoms with Gasteiger partial charge in [0.1, 0.15) is 5.76 Å². The summed E-state index contributed by atoms with van der Waals surface area (Å²) in [5.74, 6) is 0.972. The van der Waals surface area contributed by atoms with Crippen molar-refractivity contribution in [2.75, 3.05) is 11.9 Å². The lowest BCUT2D eigenvalue weighted by atomic mass is 10.2. The smallest absolute Gasteiger partial charge is 0.238 e. The highest BCUT2D eigenvalue weighted by Gasteiger charge is 2.23. The lowest BCUT2D eigenvalue weighted by Gasteiger charge is -2.16. The lowest BCUT2D eigenvalue weighted by molar-refractivity contribution is -0.115. The number of amides is 1. The highest BCUT2D eigenvalue weighted by atomic mass is 32.2. The number of ether oxygens (including phenoxy) is 1. The maximum Gasteiger partial charge on any atom is 0.238 e. The van der Waals surface area contributed by atoms with Crippen molar-refractivity contribution in [3.63, 3.8) is 0 Å². The Balaban J connectivity index is 1.68. The van der Waals surface area contributed by atoms with Gasteiger partial charge in [-0.2, -0.15) is 0 Å².